The van der Waals surface area contributed by atoms with Crippen molar-refractivity contribution in [1.82, 2.24) is 15.6 Å². The fourth-order valence-electron chi connectivity index (χ4n) is 3.96. The molecule has 2 heterocycles. The molecule has 2 aliphatic rings. The predicted molar refractivity (Wildman–Crippen MR) is 96.4 cm³/mol. The minimum atomic E-state index is -0.440. The number of carbonyl (C=O) groups excluding carboxylic acids is 2. The number of aryl methyl sites for hydroxylation is 1. The molecule has 2 aromatic rings. The van der Waals surface area contributed by atoms with Crippen molar-refractivity contribution in [3.05, 3.63) is 41.1 Å². The topological polar surface area (TPSA) is 71.1 Å². The third-order valence-corrected chi connectivity index (χ3v) is 5.32. The van der Waals surface area contributed by atoms with Crippen LogP contribution in [0.25, 0.3) is 10.9 Å². The molecule has 2 amide bonds. The minimum absolute atomic E-state index is 0.0832. The quantitative estimate of drug-likeness (QED) is 0.884. The van der Waals surface area contributed by atoms with E-state index in [4.69, 9.17) is 4.98 Å². The van der Waals surface area contributed by atoms with E-state index < -0.39 is 6.04 Å². The van der Waals surface area contributed by atoms with E-state index in [2.05, 4.69) is 17.6 Å². The zero-order chi connectivity index (χ0) is 17.4. The first-order valence-electron chi connectivity index (χ1n) is 9.12. The normalized spacial score (nSPS) is 23.0. The standard InChI is InChI=1S/C20H23N3O2/c1-12-8-9-16-14(11-12)18(13-5-2-3-6-15(13)22-16)20(25)23-17-7-4-10-21-19(17)24/h2-3,5-6,12,17H,4,7-11H2,1H3,(H,21,24)(H,23,25)/t12-,17-/m1/s1. The highest BCUT2D eigenvalue weighted by molar-refractivity contribution is 6.09. The van der Waals surface area contributed by atoms with Gasteiger partial charge in [0.15, 0.2) is 0 Å². The summed E-state index contributed by atoms with van der Waals surface area (Å²) in [4.78, 5) is 30.0. The number of nitrogens with zero attached hydrogens (tertiary/aromatic N) is 1. The van der Waals surface area contributed by atoms with Crippen LogP contribution in [0, 0.1) is 5.92 Å². The van der Waals surface area contributed by atoms with Gasteiger partial charge in [-0.25, -0.2) is 0 Å². The van der Waals surface area contributed by atoms with Crippen molar-refractivity contribution in [2.24, 2.45) is 5.92 Å². The first-order chi connectivity index (χ1) is 12.1. The lowest BCUT2D eigenvalue weighted by Crippen LogP contribution is -2.50. The van der Waals surface area contributed by atoms with E-state index in [1.807, 2.05) is 24.3 Å². The predicted octanol–water partition coefficient (Wildman–Crippen LogP) is 2.37. The van der Waals surface area contributed by atoms with Gasteiger partial charge in [-0.1, -0.05) is 25.1 Å². The summed E-state index contributed by atoms with van der Waals surface area (Å²) in [6.07, 6.45) is 4.46. The van der Waals surface area contributed by atoms with Crippen molar-refractivity contribution in [2.45, 2.75) is 45.1 Å². The van der Waals surface area contributed by atoms with Crippen molar-refractivity contribution in [1.29, 1.82) is 0 Å². The molecule has 1 saturated heterocycles. The summed E-state index contributed by atoms with van der Waals surface area (Å²) in [6.45, 7) is 2.91. The number of pyridine rings is 1. The average molecular weight is 337 g/mol. The summed E-state index contributed by atoms with van der Waals surface area (Å²) in [5.41, 5.74) is 3.67. The molecule has 0 saturated carbocycles. The van der Waals surface area contributed by atoms with E-state index >= 15 is 0 Å². The smallest absolute Gasteiger partial charge is 0.252 e. The molecule has 0 unspecified atom stereocenters. The molecule has 1 fully saturated rings. The molecule has 1 aliphatic heterocycles. The number of benzene rings is 1. The maximum absolute atomic E-state index is 13.1. The van der Waals surface area contributed by atoms with Gasteiger partial charge in [-0.15, -0.1) is 0 Å². The highest BCUT2D eigenvalue weighted by Crippen LogP contribution is 2.31. The first-order valence-corrected chi connectivity index (χ1v) is 9.12. The molecule has 2 atom stereocenters. The number of carbonyl (C=O) groups is 2. The molecule has 4 rings (SSSR count). The van der Waals surface area contributed by atoms with Crippen molar-refractivity contribution in [3.63, 3.8) is 0 Å². The molecule has 0 spiro atoms. The molecule has 130 valence electrons. The van der Waals surface area contributed by atoms with Crippen LogP contribution in [-0.2, 0) is 17.6 Å². The third kappa shape index (κ3) is 2.99. The Bertz CT molecular complexity index is 846. The van der Waals surface area contributed by atoms with Crippen LogP contribution in [0.15, 0.2) is 24.3 Å². The lowest BCUT2D eigenvalue weighted by Gasteiger charge is -2.26. The SMILES string of the molecule is C[C@@H]1CCc2nc3ccccc3c(C(=O)N[C@@H]3CCCNC3=O)c2C1. The van der Waals surface area contributed by atoms with Crippen LogP contribution in [0.4, 0.5) is 0 Å². The van der Waals surface area contributed by atoms with E-state index in [1.54, 1.807) is 0 Å². The van der Waals surface area contributed by atoms with Crippen LogP contribution in [0.3, 0.4) is 0 Å². The van der Waals surface area contributed by atoms with E-state index in [-0.39, 0.29) is 11.8 Å². The monoisotopic (exact) mass is 337 g/mol. The maximum atomic E-state index is 13.1. The molecule has 5 nitrogen and oxygen atoms in total. The van der Waals surface area contributed by atoms with Crippen molar-refractivity contribution in [2.75, 3.05) is 6.54 Å². The number of amides is 2. The summed E-state index contributed by atoms with van der Waals surface area (Å²) >= 11 is 0. The molecular weight excluding hydrogens is 314 g/mol. The number of piperidine rings is 1. The molecule has 1 aromatic heterocycles. The Kier molecular flexibility index (Phi) is 4.15. The van der Waals surface area contributed by atoms with Gasteiger partial charge in [0.25, 0.3) is 5.91 Å². The van der Waals surface area contributed by atoms with Gasteiger partial charge in [0, 0.05) is 17.6 Å². The summed E-state index contributed by atoms with van der Waals surface area (Å²) < 4.78 is 0. The van der Waals surface area contributed by atoms with Gasteiger partial charge < -0.3 is 10.6 Å². The number of rotatable bonds is 2. The number of nitrogens with one attached hydrogen (secondary N) is 2. The number of hydrogen-bond acceptors (Lipinski definition) is 3. The van der Waals surface area contributed by atoms with Gasteiger partial charge in [-0.05, 0) is 49.7 Å². The fourth-order valence-corrected chi connectivity index (χ4v) is 3.96. The Morgan fingerprint density at radius 2 is 2.12 bits per heavy atom. The fraction of sp³-hybridized carbons (Fsp3) is 0.450. The lowest BCUT2D eigenvalue weighted by atomic mass is 9.84. The summed E-state index contributed by atoms with van der Waals surface area (Å²) in [5, 5.41) is 6.67. The average Bonchev–Trinajstić information content (AvgIpc) is 2.61. The Hall–Kier alpha value is -2.43. The van der Waals surface area contributed by atoms with E-state index in [0.717, 1.165) is 47.8 Å². The molecule has 1 aliphatic carbocycles. The Morgan fingerprint density at radius 3 is 2.96 bits per heavy atom. The van der Waals surface area contributed by atoms with Crippen molar-refractivity contribution in [3.8, 4) is 0 Å². The first kappa shape index (κ1) is 16.1. The second-order valence-corrected chi connectivity index (χ2v) is 7.24. The molecule has 25 heavy (non-hydrogen) atoms. The van der Waals surface area contributed by atoms with E-state index in [0.29, 0.717) is 24.4 Å². The van der Waals surface area contributed by atoms with E-state index in [1.165, 1.54) is 0 Å². The zero-order valence-electron chi connectivity index (χ0n) is 14.5. The van der Waals surface area contributed by atoms with Gasteiger partial charge in [-0.3, -0.25) is 14.6 Å². The highest BCUT2D eigenvalue weighted by Gasteiger charge is 2.29. The van der Waals surface area contributed by atoms with Gasteiger partial charge in [0.2, 0.25) is 5.91 Å². The molecule has 0 radical (unpaired) electrons. The van der Waals surface area contributed by atoms with Gasteiger partial charge in [-0.2, -0.15) is 0 Å². The van der Waals surface area contributed by atoms with Crippen LogP contribution >= 0.6 is 0 Å². The van der Waals surface area contributed by atoms with Crippen LogP contribution in [0.2, 0.25) is 0 Å². The minimum Gasteiger partial charge on any atom is -0.354 e. The lowest BCUT2D eigenvalue weighted by molar-refractivity contribution is -0.124. The van der Waals surface area contributed by atoms with Crippen molar-refractivity contribution >= 4 is 22.7 Å². The number of para-hydroxylation sites is 1. The summed E-state index contributed by atoms with van der Waals surface area (Å²) in [6, 6.07) is 7.36. The zero-order valence-corrected chi connectivity index (χ0v) is 14.5. The molecular formula is C20H23N3O2. The largest absolute Gasteiger partial charge is 0.354 e. The number of hydrogen-bond donors (Lipinski definition) is 2. The van der Waals surface area contributed by atoms with Gasteiger partial charge in [0.1, 0.15) is 6.04 Å². The van der Waals surface area contributed by atoms with E-state index in [9.17, 15) is 9.59 Å². The van der Waals surface area contributed by atoms with Crippen LogP contribution in [0.5, 0.6) is 0 Å². The van der Waals surface area contributed by atoms with Crippen LogP contribution < -0.4 is 10.6 Å². The van der Waals surface area contributed by atoms with Gasteiger partial charge >= 0.3 is 0 Å². The summed E-state index contributed by atoms with van der Waals surface area (Å²) in [5.74, 6) is 0.311. The Morgan fingerprint density at radius 1 is 1.28 bits per heavy atom. The van der Waals surface area contributed by atoms with Crippen LogP contribution in [0.1, 0.15) is 47.8 Å². The Labute approximate surface area is 147 Å². The second-order valence-electron chi connectivity index (χ2n) is 7.24. The second kappa shape index (κ2) is 6.47. The van der Waals surface area contributed by atoms with Crippen LogP contribution in [-0.4, -0.2) is 29.4 Å². The molecule has 5 heteroatoms. The number of fused-ring (bicyclic) bond motifs is 2. The third-order valence-electron chi connectivity index (χ3n) is 5.32. The molecule has 0 bridgehead atoms. The Balaban J connectivity index is 1.77. The molecule has 2 N–H and O–H groups in total. The number of aromatic nitrogens is 1. The highest BCUT2D eigenvalue weighted by atomic mass is 16.2. The van der Waals surface area contributed by atoms with Crippen molar-refractivity contribution < 1.29 is 9.59 Å². The maximum Gasteiger partial charge on any atom is 0.252 e. The molecule has 1 aromatic carbocycles. The van der Waals surface area contributed by atoms with Gasteiger partial charge in [0.05, 0.1) is 11.1 Å². The summed E-state index contributed by atoms with van der Waals surface area (Å²) in [7, 11) is 0.